The Morgan fingerprint density at radius 3 is 2.42 bits per heavy atom. The summed E-state index contributed by atoms with van der Waals surface area (Å²) in [6.07, 6.45) is -3.10. The molecule has 1 aromatic carbocycles. The minimum Gasteiger partial charge on any atom is -0.484 e. The SMILES string of the molecule is Cc1cc(NC(=O)C2(S(C)(=O)=O)CCNCC2)ccc1OCC(F)(F)F. The minimum atomic E-state index is -4.45. The standard InChI is InChI=1S/C16H21F3N2O4S/c1-11-9-12(3-4-13(11)25-10-16(17,18)19)21-14(22)15(26(2,23)24)5-7-20-8-6-15/h3-4,9,20H,5-8,10H2,1-2H3,(H,21,22). The van der Waals surface area contributed by atoms with Crippen LogP contribution in [0.1, 0.15) is 18.4 Å². The number of sulfone groups is 1. The van der Waals surface area contributed by atoms with Crippen LogP contribution in [0.4, 0.5) is 18.9 Å². The molecule has 0 aliphatic carbocycles. The largest absolute Gasteiger partial charge is 0.484 e. The van der Waals surface area contributed by atoms with E-state index in [4.69, 9.17) is 4.74 Å². The lowest BCUT2D eigenvalue weighted by Crippen LogP contribution is -2.55. The van der Waals surface area contributed by atoms with Crippen LogP contribution in [0.3, 0.4) is 0 Å². The minimum absolute atomic E-state index is 0.0417. The molecule has 2 N–H and O–H groups in total. The average Bonchev–Trinajstić information content (AvgIpc) is 2.52. The van der Waals surface area contributed by atoms with Crippen LogP contribution in [-0.2, 0) is 14.6 Å². The highest BCUT2D eigenvalue weighted by molar-refractivity contribution is 7.92. The van der Waals surface area contributed by atoms with Crippen molar-refractivity contribution in [2.45, 2.75) is 30.7 Å². The Balaban J connectivity index is 2.17. The van der Waals surface area contributed by atoms with Crippen LogP contribution >= 0.6 is 0 Å². The quantitative estimate of drug-likeness (QED) is 0.799. The molecule has 1 saturated heterocycles. The van der Waals surface area contributed by atoms with E-state index in [0.717, 1.165) is 6.26 Å². The van der Waals surface area contributed by atoms with E-state index in [1.165, 1.54) is 25.1 Å². The summed E-state index contributed by atoms with van der Waals surface area (Å²) in [5, 5.41) is 5.60. The maximum Gasteiger partial charge on any atom is 0.422 e. The molecule has 0 bridgehead atoms. The molecule has 1 aromatic rings. The number of hydrogen-bond acceptors (Lipinski definition) is 5. The molecule has 10 heteroatoms. The van der Waals surface area contributed by atoms with E-state index in [0.29, 0.717) is 24.3 Å². The number of benzene rings is 1. The van der Waals surface area contributed by atoms with Gasteiger partial charge >= 0.3 is 6.18 Å². The summed E-state index contributed by atoms with van der Waals surface area (Å²) >= 11 is 0. The molecular weight excluding hydrogens is 373 g/mol. The number of carbonyl (C=O) groups is 1. The monoisotopic (exact) mass is 394 g/mol. The highest BCUT2D eigenvalue weighted by Crippen LogP contribution is 2.30. The van der Waals surface area contributed by atoms with E-state index < -0.39 is 33.3 Å². The van der Waals surface area contributed by atoms with E-state index in [2.05, 4.69) is 10.6 Å². The molecule has 0 saturated carbocycles. The smallest absolute Gasteiger partial charge is 0.422 e. The number of ether oxygens (including phenoxy) is 1. The summed E-state index contributed by atoms with van der Waals surface area (Å²) in [7, 11) is -3.65. The number of hydrogen-bond donors (Lipinski definition) is 2. The molecule has 6 nitrogen and oxygen atoms in total. The molecule has 1 heterocycles. The van der Waals surface area contributed by atoms with Gasteiger partial charge in [0.2, 0.25) is 5.91 Å². The average molecular weight is 394 g/mol. The number of amides is 1. The van der Waals surface area contributed by atoms with E-state index in [-0.39, 0.29) is 18.6 Å². The van der Waals surface area contributed by atoms with Crippen molar-refractivity contribution in [2.24, 2.45) is 0 Å². The third-order valence-electron chi connectivity index (χ3n) is 4.36. The van der Waals surface area contributed by atoms with Gasteiger partial charge in [-0.25, -0.2) is 8.42 Å². The normalized spacial score (nSPS) is 17.6. The second-order valence-corrected chi connectivity index (χ2v) is 8.68. The van der Waals surface area contributed by atoms with E-state index >= 15 is 0 Å². The maximum absolute atomic E-state index is 12.7. The van der Waals surface area contributed by atoms with Crippen molar-refractivity contribution in [3.05, 3.63) is 23.8 Å². The van der Waals surface area contributed by atoms with E-state index in [1.54, 1.807) is 0 Å². The summed E-state index contributed by atoms with van der Waals surface area (Å²) in [6, 6.07) is 4.14. The zero-order chi connectivity index (χ0) is 19.6. The predicted octanol–water partition coefficient (Wildman–Crippen LogP) is 2.04. The number of alkyl halides is 3. The third kappa shape index (κ3) is 4.67. The van der Waals surface area contributed by atoms with Crippen LogP contribution in [0.5, 0.6) is 5.75 Å². The van der Waals surface area contributed by atoms with Gasteiger partial charge in [-0.1, -0.05) is 0 Å². The highest BCUT2D eigenvalue weighted by Gasteiger charge is 2.48. The van der Waals surface area contributed by atoms with Crippen molar-refractivity contribution in [1.29, 1.82) is 0 Å². The number of nitrogens with one attached hydrogen (secondary N) is 2. The first-order valence-corrected chi connectivity index (χ1v) is 9.86. The molecule has 2 rings (SSSR count). The summed E-state index contributed by atoms with van der Waals surface area (Å²) < 4.78 is 64.4. The van der Waals surface area contributed by atoms with Crippen molar-refractivity contribution in [3.8, 4) is 5.75 Å². The lowest BCUT2D eigenvalue weighted by Gasteiger charge is -2.34. The Morgan fingerprint density at radius 1 is 1.31 bits per heavy atom. The molecule has 146 valence electrons. The molecular formula is C16H21F3N2O4S. The zero-order valence-corrected chi connectivity index (χ0v) is 15.3. The number of rotatable bonds is 5. The zero-order valence-electron chi connectivity index (χ0n) is 14.4. The molecule has 0 radical (unpaired) electrons. The van der Waals surface area contributed by atoms with Gasteiger partial charge in [0.1, 0.15) is 5.75 Å². The molecule has 1 aliphatic rings. The summed E-state index contributed by atoms with van der Waals surface area (Å²) in [6.45, 7) is 0.940. The maximum atomic E-state index is 12.7. The molecule has 0 aromatic heterocycles. The van der Waals surface area contributed by atoms with Crippen LogP contribution in [0, 0.1) is 6.92 Å². The van der Waals surface area contributed by atoms with Crippen LogP contribution in [0.25, 0.3) is 0 Å². The van der Waals surface area contributed by atoms with Crippen LogP contribution in [0.15, 0.2) is 18.2 Å². The van der Waals surface area contributed by atoms with Crippen molar-refractivity contribution in [1.82, 2.24) is 5.32 Å². The van der Waals surface area contributed by atoms with Crippen molar-refractivity contribution >= 4 is 21.4 Å². The second kappa shape index (κ2) is 7.43. The van der Waals surface area contributed by atoms with Crippen LogP contribution < -0.4 is 15.4 Å². The van der Waals surface area contributed by atoms with Gasteiger partial charge < -0.3 is 15.4 Å². The molecule has 1 aliphatic heterocycles. The van der Waals surface area contributed by atoms with Gasteiger partial charge in [0.25, 0.3) is 0 Å². The van der Waals surface area contributed by atoms with Gasteiger partial charge in [0.05, 0.1) is 0 Å². The Bertz CT molecular complexity index is 772. The number of aryl methyl sites for hydroxylation is 1. The summed E-state index contributed by atoms with van der Waals surface area (Å²) in [5.41, 5.74) is 0.694. The van der Waals surface area contributed by atoms with Crippen molar-refractivity contribution in [2.75, 3.05) is 31.3 Å². The molecule has 26 heavy (non-hydrogen) atoms. The first-order chi connectivity index (χ1) is 11.9. The number of carbonyl (C=O) groups excluding carboxylic acids is 1. The lowest BCUT2D eigenvalue weighted by atomic mass is 9.95. The Labute approximate surface area is 150 Å². The fraction of sp³-hybridized carbons (Fsp3) is 0.562. The fourth-order valence-electron chi connectivity index (χ4n) is 2.89. The fourth-order valence-corrected chi connectivity index (χ4v) is 4.22. The van der Waals surface area contributed by atoms with Gasteiger partial charge in [0, 0.05) is 11.9 Å². The van der Waals surface area contributed by atoms with Crippen molar-refractivity contribution in [3.63, 3.8) is 0 Å². The summed E-state index contributed by atoms with van der Waals surface area (Å²) in [4.78, 5) is 12.7. The highest BCUT2D eigenvalue weighted by atomic mass is 32.2. The first kappa shape index (κ1) is 20.5. The number of halogens is 3. The van der Waals surface area contributed by atoms with Gasteiger partial charge in [-0.15, -0.1) is 0 Å². The van der Waals surface area contributed by atoms with Crippen LogP contribution in [-0.4, -0.2) is 51.2 Å². The topological polar surface area (TPSA) is 84.5 Å². The molecule has 1 fully saturated rings. The molecule has 0 spiro atoms. The first-order valence-electron chi connectivity index (χ1n) is 7.97. The Kier molecular flexibility index (Phi) is 5.86. The van der Waals surface area contributed by atoms with Gasteiger partial charge in [-0.2, -0.15) is 13.2 Å². The van der Waals surface area contributed by atoms with Gasteiger partial charge in [0.15, 0.2) is 21.2 Å². The summed E-state index contributed by atoms with van der Waals surface area (Å²) in [5.74, 6) is -0.593. The van der Waals surface area contributed by atoms with Gasteiger partial charge in [-0.3, -0.25) is 4.79 Å². The Morgan fingerprint density at radius 2 is 1.92 bits per heavy atom. The van der Waals surface area contributed by atoms with E-state index in [1.807, 2.05) is 0 Å². The number of anilines is 1. The van der Waals surface area contributed by atoms with Crippen LogP contribution in [0.2, 0.25) is 0 Å². The Hall–Kier alpha value is -1.81. The molecule has 0 atom stereocenters. The number of piperidine rings is 1. The van der Waals surface area contributed by atoms with Gasteiger partial charge in [-0.05, 0) is 56.6 Å². The lowest BCUT2D eigenvalue weighted by molar-refractivity contribution is -0.153. The molecule has 1 amide bonds. The van der Waals surface area contributed by atoms with E-state index in [9.17, 15) is 26.4 Å². The van der Waals surface area contributed by atoms with Crippen molar-refractivity contribution < 1.29 is 31.1 Å². The molecule has 0 unspecified atom stereocenters. The second-order valence-electron chi connectivity index (χ2n) is 6.35. The third-order valence-corrected chi connectivity index (χ3v) is 6.37. The predicted molar refractivity (Wildman–Crippen MR) is 91.0 cm³/mol.